The fraction of sp³-hybridized carbons (Fsp3) is 0.167. The van der Waals surface area contributed by atoms with Crippen LogP contribution in [0.25, 0.3) is 11.3 Å². The SMILES string of the molecule is O=[C]OCCc1nc(-c2ccccc2)cs1. The van der Waals surface area contributed by atoms with Crippen molar-refractivity contribution >= 4 is 17.8 Å². The first kappa shape index (κ1) is 10.8. The maximum Gasteiger partial charge on any atom is 0.417 e. The van der Waals surface area contributed by atoms with Gasteiger partial charge in [0.1, 0.15) is 0 Å². The average molecular weight is 232 g/mol. The molecule has 0 saturated carbocycles. The van der Waals surface area contributed by atoms with E-state index in [-0.39, 0.29) is 0 Å². The van der Waals surface area contributed by atoms with E-state index in [1.54, 1.807) is 11.3 Å². The molecule has 0 spiro atoms. The molecule has 0 N–H and O–H groups in total. The largest absolute Gasteiger partial charge is 0.457 e. The van der Waals surface area contributed by atoms with Crippen molar-refractivity contribution in [1.29, 1.82) is 0 Å². The first-order valence-electron chi connectivity index (χ1n) is 4.89. The molecule has 1 aromatic carbocycles. The van der Waals surface area contributed by atoms with E-state index in [2.05, 4.69) is 9.72 Å². The maximum absolute atomic E-state index is 9.86. The lowest BCUT2D eigenvalue weighted by Crippen LogP contribution is -1.95. The number of hydrogen-bond donors (Lipinski definition) is 0. The van der Waals surface area contributed by atoms with Crippen LogP contribution in [0.3, 0.4) is 0 Å². The predicted octanol–water partition coefficient (Wildman–Crippen LogP) is 2.44. The molecule has 0 aliphatic rings. The number of ether oxygens (including phenoxy) is 1. The number of nitrogens with zero attached hydrogens (tertiary/aromatic N) is 1. The zero-order valence-electron chi connectivity index (χ0n) is 8.55. The van der Waals surface area contributed by atoms with Gasteiger partial charge in [-0.15, -0.1) is 11.3 Å². The third-order valence-electron chi connectivity index (χ3n) is 2.10. The average Bonchev–Trinajstić information content (AvgIpc) is 2.79. The molecule has 0 atom stereocenters. The summed E-state index contributed by atoms with van der Waals surface area (Å²) in [7, 11) is 0. The maximum atomic E-state index is 9.86. The molecule has 4 heteroatoms. The second kappa shape index (κ2) is 5.42. The normalized spacial score (nSPS) is 10.0. The van der Waals surface area contributed by atoms with Crippen LogP contribution in [0.15, 0.2) is 35.7 Å². The number of hydrogen-bond acceptors (Lipinski definition) is 4. The van der Waals surface area contributed by atoms with Crippen LogP contribution in [-0.2, 0) is 16.0 Å². The second-order valence-electron chi connectivity index (χ2n) is 3.17. The number of aromatic nitrogens is 1. The Labute approximate surface area is 97.7 Å². The highest BCUT2D eigenvalue weighted by Crippen LogP contribution is 2.21. The van der Waals surface area contributed by atoms with Gasteiger partial charge in [0.05, 0.1) is 17.3 Å². The fourth-order valence-corrected chi connectivity index (χ4v) is 2.14. The molecule has 81 valence electrons. The number of benzene rings is 1. The van der Waals surface area contributed by atoms with E-state index in [9.17, 15) is 4.79 Å². The summed E-state index contributed by atoms with van der Waals surface area (Å²) in [4.78, 5) is 14.3. The van der Waals surface area contributed by atoms with Crippen LogP contribution in [0.5, 0.6) is 0 Å². The Bertz CT molecular complexity index is 453. The summed E-state index contributed by atoms with van der Waals surface area (Å²) in [6.07, 6.45) is 0.646. The van der Waals surface area contributed by atoms with Crippen molar-refractivity contribution in [1.82, 2.24) is 4.98 Å². The molecule has 0 aliphatic heterocycles. The molecule has 0 bridgehead atoms. The summed E-state index contributed by atoms with van der Waals surface area (Å²) < 4.78 is 4.51. The highest BCUT2D eigenvalue weighted by atomic mass is 32.1. The quantitative estimate of drug-likeness (QED) is 0.743. The van der Waals surface area contributed by atoms with E-state index >= 15 is 0 Å². The first-order chi connectivity index (χ1) is 7.90. The molecule has 0 unspecified atom stereocenters. The molecule has 3 nitrogen and oxygen atoms in total. The Kier molecular flexibility index (Phi) is 3.66. The van der Waals surface area contributed by atoms with Crippen LogP contribution in [0.4, 0.5) is 0 Å². The van der Waals surface area contributed by atoms with Crippen molar-refractivity contribution in [3.05, 3.63) is 40.7 Å². The van der Waals surface area contributed by atoms with E-state index in [1.165, 1.54) is 6.47 Å². The number of carbonyl (C=O) groups excluding carboxylic acids is 1. The van der Waals surface area contributed by atoms with Crippen LogP contribution in [-0.4, -0.2) is 18.1 Å². The molecule has 16 heavy (non-hydrogen) atoms. The minimum atomic E-state index is 0.339. The first-order valence-corrected chi connectivity index (χ1v) is 5.77. The van der Waals surface area contributed by atoms with Gasteiger partial charge in [0.2, 0.25) is 0 Å². The van der Waals surface area contributed by atoms with Crippen LogP contribution in [0, 0.1) is 0 Å². The zero-order chi connectivity index (χ0) is 11.2. The van der Waals surface area contributed by atoms with E-state index < -0.39 is 0 Å². The molecule has 0 fully saturated rings. The minimum absolute atomic E-state index is 0.339. The Balaban J connectivity index is 2.05. The number of rotatable bonds is 5. The van der Waals surface area contributed by atoms with Gasteiger partial charge in [0.25, 0.3) is 0 Å². The van der Waals surface area contributed by atoms with Gasteiger partial charge in [-0.1, -0.05) is 30.3 Å². The topological polar surface area (TPSA) is 39.2 Å². The lowest BCUT2D eigenvalue weighted by Gasteiger charge is -1.95. The lowest BCUT2D eigenvalue weighted by atomic mass is 10.2. The zero-order valence-corrected chi connectivity index (χ0v) is 9.37. The van der Waals surface area contributed by atoms with E-state index in [1.807, 2.05) is 35.7 Å². The fourth-order valence-electron chi connectivity index (χ4n) is 1.35. The van der Waals surface area contributed by atoms with Gasteiger partial charge in [-0.25, -0.2) is 9.78 Å². The Morgan fingerprint density at radius 1 is 1.31 bits per heavy atom. The summed E-state index contributed by atoms with van der Waals surface area (Å²) >= 11 is 1.57. The highest BCUT2D eigenvalue weighted by Gasteiger charge is 2.03. The smallest absolute Gasteiger partial charge is 0.417 e. The van der Waals surface area contributed by atoms with Crippen LogP contribution < -0.4 is 0 Å². The Morgan fingerprint density at radius 3 is 2.88 bits per heavy atom. The summed E-state index contributed by atoms with van der Waals surface area (Å²) in [5, 5.41) is 2.98. The van der Waals surface area contributed by atoms with Crippen molar-refractivity contribution in [2.45, 2.75) is 6.42 Å². The monoisotopic (exact) mass is 232 g/mol. The second-order valence-corrected chi connectivity index (χ2v) is 4.12. The van der Waals surface area contributed by atoms with Gasteiger partial charge in [-0.3, -0.25) is 0 Å². The van der Waals surface area contributed by atoms with Crippen LogP contribution >= 0.6 is 11.3 Å². The molecule has 0 aliphatic carbocycles. The van der Waals surface area contributed by atoms with E-state index in [4.69, 9.17) is 0 Å². The van der Waals surface area contributed by atoms with Crippen LogP contribution in [0.2, 0.25) is 0 Å². The highest BCUT2D eigenvalue weighted by molar-refractivity contribution is 7.09. The summed E-state index contributed by atoms with van der Waals surface area (Å²) in [5.74, 6) is 0. The van der Waals surface area contributed by atoms with Crippen molar-refractivity contribution in [3.8, 4) is 11.3 Å². The Hall–Kier alpha value is -1.68. The standard InChI is InChI=1S/C12H10NO2S/c14-9-15-7-6-12-13-11(8-16-12)10-4-2-1-3-5-10/h1-5,8H,6-7H2. The van der Waals surface area contributed by atoms with Gasteiger partial charge < -0.3 is 4.74 Å². The molecule has 1 heterocycles. The van der Waals surface area contributed by atoms with Gasteiger partial charge in [0.15, 0.2) is 0 Å². The number of thiazole rings is 1. The van der Waals surface area contributed by atoms with Crippen molar-refractivity contribution in [3.63, 3.8) is 0 Å². The summed E-state index contributed by atoms with van der Waals surface area (Å²) in [6, 6.07) is 9.99. The van der Waals surface area contributed by atoms with Crippen molar-refractivity contribution < 1.29 is 9.53 Å². The lowest BCUT2D eigenvalue weighted by molar-refractivity contribution is 0.281. The van der Waals surface area contributed by atoms with Crippen molar-refractivity contribution in [2.75, 3.05) is 6.61 Å². The van der Waals surface area contributed by atoms with Gasteiger partial charge in [0, 0.05) is 17.4 Å². The summed E-state index contributed by atoms with van der Waals surface area (Å²) in [6.45, 7) is 1.74. The van der Waals surface area contributed by atoms with Gasteiger partial charge in [-0.05, 0) is 0 Å². The molecule has 1 radical (unpaired) electrons. The predicted molar refractivity (Wildman–Crippen MR) is 62.9 cm³/mol. The van der Waals surface area contributed by atoms with E-state index in [0.29, 0.717) is 13.0 Å². The molecular weight excluding hydrogens is 222 g/mol. The molecule has 0 saturated heterocycles. The minimum Gasteiger partial charge on any atom is -0.457 e. The Morgan fingerprint density at radius 2 is 2.12 bits per heavy atom. The van der Waals surface area contributed by atoms with Crippen LogP contribution in [0.1, 0.15) is 5.01 Å². The molecule has 2 aromatic rings. The molecular formula is C12H10NO2S. The molecule has 2 rings (SSSR count). The van der Waals surface area contributed by atoms with E-state index in [0.717, 1.165) is 16.3 Å². The third kappa shape index (κ3) is 2.67. The third-order valence-corrected chi connectivity index (χ3v) is 3.01. The van der Waals surface area contributed by atoms with Gasteiger partial charge >= 0.3 is 6.47 Å². The summed E-state index contributed by atoms with van der Waals surface area (Å²) in [5.41, 5.74) is 2.07. The molecule has 1 aromatic heterocycles. The van der Waals surface area contributed by atoms with Gasteiger partial charge in [-0.2, -0.15) is 0 Å². The molecule has 0 amide bonds. The van der Waals surface area contributed by atoms with Crippen molar-refractivity contribution in [2.24, 2.45) is 0 Å².